The predicted molar refractivity (Wildman–Crippen MR) is 75.5 cm³/mol. The molecule has 4 heteroatoms. The van der Waals surface area contributed by atoms with Crippen LogP contribution in [0.2, 0.25) is 0 Å². The molecule has 18 heavy (non-hydrogen) atoms. The van der Waals surface area contributed by atoms with Crippen LogP contribution in [0, 0.1) is 18.8 Å². The molecule has 0 radical (unpaired) electrons. The number of nitrogens with one attached hydrogen (secondary N) is 1. The predicted octanol–water partition coefficient (Wildman–Crippen LogP) is 2.28. The van der Waals surface area contributed by atoms with Crippen LogP contribution in [0.25, 0.3) is 0 Å². The molecule has 4 nitrogen and oxygen atoms in total. The van der Waals surface area contributed by atoms with E-state index in [1.54, 1.807) is 6.92 Å². The first-order chi connectivity index (χ1) is 8.58. The average molecular weight is 245 g/mol. The summed E-state index contributed by atoms with van der Waals surface area (Å²) in [6.07, 6.45) is 0.345. The van der Waals surface area contributed by atoms with E-state index >= 15 is 0 Å². The Morgan fingerprint density at radius 2 is 2.33 bits per heavy atom. The Hall–Kier alpha value is -1.86. The van der Waals surface area contributed by atoms with Gasteiger partial charge in [-0.05, 0) is 44.5 Å². The Balaban J connectivity index is 3.14. The van der Waals surface area contributed by atoms with E-state index in [1.165, 1.54) is 0 Å². The van der Waals surface area contributed by atoms with Crippen LogP contribution in [0.4, 0.5) is 11.5 Å². The summed E-state index contributed by atoms with van der Waals surface area (Å²) in [7, 11) is 0. The van der Waals surface area contributed by atoms with Gasteiger partial charge >= 0.3 is 0 Å². The highest BCUT2D eigenvalue weighted by molar-refractivity contribution is 5.68. The minimum Gasteiger partial charge on any atom is -0.381 e. The molecule has 2 N–H and O–H groups in total. The molecule has 0 aliphatic rings. The lowest BCUT2D eigenvalue weighted by molar-refractivity contribution is 0.253. The number of hydrogen-bond donors (Lipinski definition) is 2. The van der Waals surface area contributed by atoms with Crippen LogP contribution in [0.1, 0.15) is 31.5 Å². The lowest BCUT2D eigenvalue weighted by Gasteiger charge is -2.10. The third-order valence-corrected chi connectivity index (χ3v) is 2.29. The number of nitrogens with zero attached hydrogens (tertiary/aromatic N) is 2. The third kappa shape index (κ3) is 3.86. The summed E-state index contributed by atoms with van der Waals surface area (Å²) in [5.41, 5.74) is 2.35. The second-order valence-corrected chi connectivity index (χ2v) is 4.05. The maximum absolute atomic E-state index is 9.15. The highest BCUT2D eigenvalue weighted by atomic mass is 16.3. The van der Waals surface area contributed by atoms with Gasteiger partial charge in [0.05, 0.1) is 0 Å². The van der Waals surface area contributed by atoms with Crippen molar-refractivity contribution in [3.63, 3.8) is 0 Å². The number of aliphatic imine (C=N–C) groups is 1. The second kappa shape index (κ2) is 6.77. The Labute approximate surface area is 108 Å². The van der Waals surface area contributed by atoms with Gasteiger partial charge in [0.1, 0.15) is 17.5 Å². The van der Waals surface area contributed by atoms with Crippen LogP contribution in [-0.4, -0.2) is 29.5 Å². The molecule has 1 aromatic heterocycles. The summed E-state index contributed by atoms with van der Waals surface area (Å²) in [5.74, 6) is 6.21. The fourth-order valence-electron chi connectivity index (χ4n) is 1.47. The van der Waals surface area contributed by atoms with E-state index in [9.17, 15) is 0 Å². The molecule has 0 aromatic carbocycles. The molecule has 0 amide bonds. The van der Waals surface area contributed by atoms with Crippen molar-refractivity contribution in [1.29, 1.82) is 0 Å². The number of aromatic nitrogens is 1. The van der Waals surface area contributed by atoms with Gasteiger partial charge < -0.3 is 10.4 Å². The zero-order valence-corrected chi connectivity index (χ0v) is 11.1. The molecular weight excluding hydrogens is 226 g/mol. The Morgan fingerprint density at radius 1 is 1.61 bits per heavy atom. The van der Waals surface area contributed by atoms with Gasteiger partial charge in [0, 0.05) is 6.54 Å². The average Bonchev–Trinajstić information content (AvgIpc) is 2.33. The van der Waals surface area contributed by atoms with Crippen LogP contribution in [0.3, 0.4) is 0 Å². The van der Waals surface area contributed by atoms with Crippen LogP contribution in [0.15, 0.2) is 11.1 Å². The molecule has 1 atom stereocenters. The van der Waals surface area contributed by atoms with Crippen molar-refractivity contribution in [1.82, 2.24) is 4.98 Å². The van der Waals surface area contributed by atoms with Gasteiger partial charge in [-0.15, -0.1) is 0 Å². The van der Waals surface area contributed by atoms with Crippen molar-refractivity contribution in [2.24, 2.45) is 4.99 Å². The van der Waals surface area contributed by atoms with Gasteiger partial charge in [0.2, 0.25) is 0 Å². The SMILES string of the molecule is C=Nc1c(C)cc(C#CC(C)O)nc1NCCC. The van der Waals surface area contributed by atoms with Gasteiger partial charge in [0.25, 0.3) is 0 Å². The molecule has 1 unspecified atom stereocenters. The summed E-state index contributed by atoms with van der Waals surface area (Å²) in [6.45, 7) is 10.0. The maximum atomic E-state index is 9.15. The van der Waals surface area contributed by atoms with E-state index in [2.05, 4.69) is 40.8 Å². The van der Waals surface area contributed by atoms with Gasteiger partial charge in [-0.3, -0.25) is 4.99 Å². The van der Waals surface area contributed by atoms with Crippen molar-refractivity contribution in [3.8, 4) is 11.8 Å². The molecule has 96 valence electrons. The molecule has 0 aliphatic carbocycles. The molecular formula is C14H19N3O. The van der Waals surface area contributed by atoms with Crippen molar-refractivity contribution in [2.75, 3.05) is 11.9 Å². The fraction of sp³-hybridized carbons (Fsp3) is 0.429. The summed E-state index contributed by atoms with van der Waals surface area (Å²) in [5, 5.41) is 12.4. The summed E-state index contributed by atoms with van der Waals surface area (Å²) < 4.78 is 0. The first-order valence-electron chi connectivity index (χ1n) is 6.00. The first kappa shape index (κ1) is 14.2. The molecule has 0 aliphatic heterocycles. The van der Waals surface area contributed by atoms with Gasteiger partial charge in [0.15, 0.2) is 5.82 Å². The standard InChI is InChI=1S/C14H19N3O/c1-5-8-16-14-13(15-4)10(2)9-12(17-14)7-6-11(3)18/h9,11,18H,4-5,8H2,1-3H3,(H,16,17). The van der Waals surface area contributed by atoms with E-state index in [-0.39, 0.29) is 0 Å². The lowest BCUT2D eigenvalue weighted by Crippen LogP contribution is -2.04. The molecule has 0 saturated heterocycles. The number of anilines is 1. The minimum absolute atomic E-state index is 0.624. The zero-order chi connectivity index (χ0) is 13.5. The minimum atomic E-state index is -0.656. The van der Waals surface area contributed by atoms with Crippen LogP contribution in [0.5, 0.6) is 0 Å². The maximum Gasteiger partial charge on any atom is 0.153 e. The molecule has 1 aromatic rings. The summed E-state index contributed by atoms with van der Waals surface area (Å²) >= 11 is 0. The highest BCUT2D eigenvalue weighted by Gasteiger charge is 2.07. The monoisotopic (exact) mass is 245 g/mol. The summed E-state index contributed by atoms with van der Waals surface area (Å²) in [6, 6.07) is 1.84. The fourth-order valence-corrected chi connectivity index (χ4v) is 1.47. The number of aliphatic hydroxyl groups is 1. The van der Waals surface area contributed by atoms with Gasteiger partial charge in [-0.1, -0.05) is 12.8 Å². The number of rotatable bonds is 4. The molecule has 1 rings (SSSR count). The van der Waals surface area contributed by atoms with Gasteiger partial charge in [-0.25, -0.2) is 4.98 Å². The number of hydrogen-bond acceptors (Lipinski definition) is 4. The van der Waals surface area contributed by atoms with E-state index in [0.29, 0.717) is 11.5 Å². The molecule has 1 heterocycles. The Kier molecular flexibility index (Phi) is 5.34. The zero-order valence-electron chi connectivity index (χ0n) is 11.1. The van der Waals surface area contributed by atoms with Crippen LogP contribution < -0.4 is 5.32 Å². The quantitative estimate of drug-likeness (QED) is 0.632. The van der Waals surface area contributed by atoms with E-state index in [4.69, 9.17) is 5.11 Å². The number of aryl methyl sites for hydroxylation is 1. The summed E-state index contributed by atoms with van der Waals surface area (Å²) in [4.78, 5) is 8.37. The molecule has 0 saturated carbocycles. The first-order valence-corrected chi connectivity index (χ1v) is 6.00. The normalized spacial score (nSPS) is 11.3. The Bertz CT molecular complexity index is 484. The number of pyridine rings is 1. The Morgan fingerprint density at radius 3 is 2.89 bits per heavy atom. The smallest absolute Gasteiger partial charge is 0.153 e. The van der Waals surface area contributed by atoms with Crippen molar-refractivity contribution >= 4 is 18.2 Å². The van der Waals surface area contributed by atoms with Crippen LogP contribution in [-0.2, 0) is 0 Å². The van der Waals surface area contributed by atoms with Crippen molar-refractivity contribution in [3.05, 3.63) is 17.3 Å². The molecule has 0 bridgehead atoms. The third-order valence-electron chi connectivity index (χ3n) is 2.29. The molecule has 0 fully saturated rings. The lowest BCUT2D eigenvalue weighted by atomic mass is 10.2. The number of aliphatic hydroxyl groups excluding tert-OH is 1. The van der Waals surface area contributed by atoms with Crippen molar-refractivity contribution < 1.29 is 5.11 Å². The van der Waals surface area contributed by atoms with Crippen LogP contribution >= 0.6 is 0 Å². The van der Waals surface area contributed by atoms with E-state index in [0.717, 1.165) is 24.2 Å². The van der Waals surface area contributed by atoms with E-state index in [1.807, 2.05) is 13.0 Å². The topological polar surface area (TPSA) is 57.5 Å². The van der Waals surface area contributed by atoms with Crippen molar-refractivity contribution in [2.45, 2.75) is 33.3 Å². The largest absolute Gasteiger partial charge is 0.381 e. The second-order valence-electron chi connectivity index (χ2n) is 4.05. The van der Waals surface area contributed by atoms with E-state index < -0.39 is 6.10 Å². The van der Waals surface area contributed by atoms with Gasteiger partial charge in [-0.2, -0.15) is 0 Å². The molecule has 0 spiro atoms. The highest BCUT2D eigenvalue weighted by Crippen LogP contribution is 2.27.